The minimum absolute atomic E-state index is 0.130. The molecule has 4 rings (SSSR count). The molecule has 2 aliphatic rings. The SMILES string of the molecule is Fc1cccc2c1N[C@@H](c1ccccc1Br)[C@@H]1CC=C[C@@H]21. The van der Waals surface area contributed by atoms with E-state index in [1.807, 2.05) is 24.3 Å². The van der Waals surface area contributed by atoms with Gasteiger partial charge in [0.1, 0.15) is 5.82 Å². The van der Waals surface area contributed by atoms with Crippen LogP contribution in [-0.4, -0.2) is 0 Å². The highest BCUT2D eigenvalue weighted by Gasteiger charge is 2.39. The molecule has 3 heteroatoms. The lowest BCUT2D eigenvalue weighted by atomic mass is 9.77. The largest absolute Gasteiger partial charge is 0.375 e. The van der Waals surface area contributed by atoms with Crippen LogP contribution in [0.3, 0.4) is 0 Å². The van der Waals surface area contributed by atoms with Crippen molar-refractivity contribution in [1.82, 2.24) is 0 Å². The zero-order valence-corrected chi connectivity index (χ0v) is 13.0. The van der Waals surface area contributed by atoms with Gasteiger partial charge in [-0.05, 0) is 35.6 Å². The summed E-state index contributed by atoms with van der Waals surface area (Å²) in [6.45, 7) is 0. The van der Waals surface area contributed by atoms with E-state index in [-0.39, 0.29) is 11.9 Å². The van der Waals surface area contributed by atoms with E-state index in [1.54, 1.807) is 6.07 Å². The molecule has 0 bridgehead atoms. The van der Waals surface area contributed by atoms with Crippen molar-refractivity contribution in [2.75, 3.05) is 5.32 Å². The Morgan fingerprint density at radius 2 is 1.86 bits per heavy atom. The highest BCUT2D eigenvalue weighted by atomic mass is 79.9. The fourth-order valence-corrected chi connectivity index (χ4v) is 4.15. The van der Waals surface area contributed by atoms with E-state index in [1.165, 1.54) is 11.6 Å². The van der Waals surface area contributed by atoms with Crippen molar-refractivity contribution in [3.05, 3.63) is 76.0 Å². The first-order valence-electron chi connectivity index (χ1n) is 7.22. The Labute approximate surface area is 132 Å². The molecule has 0 fully saturated rings. The van der Waals surface area contributed by atoms with Crippen molar-refractivity contribution < 1.29 is 4.39 Å². The normalized spacial score (nSPS) is 26.1. The van der Waals surface area contributed by atoms with Crippen LogP contribution in [0, 0.1) is 11.7 Å². The van der Waals surface area contributed by atoms with Crippen molar-refractivity contribution in [2.45, 2.75) is 18.4 Å². The van der Waals surface area contributed by atoms with Gasteiger partial charge in [-0.1, -0.05) is 58.4 Å². The summed E-state index contributed by atoms with van der Waals surface area (Å²) >= 11 is 3.63. The molecule has 0 amide bonds. The number of benzene rings is 2. The maximum absolute atomic E-state index is 14.2. The second-order valence-electron chi connectivity index (χ2n) is 5.70. The Bertz CT molecular complexity index is 725. The van der Waals surface area contributed by atoms with Gasteiger partial charge in [0, 0.05) is 10.4 Å². The fourth-order valence-electron chi connectivity index (χ4n) is 3.62. The van der Waals surface area contributed by atoms with E-state index in [4.69, 9.17) is 0 Å². The summed E-state index contributed by atoms with van der Waals surface area (Å²) in [6.07, 6.45) is 5.48. The molecular formula is C18H15BrFN. The molecule has 1 heterocycles. The van der Waals surface area contributed by atoms with Gasteiger partial charge in [0.25, 0.3) is 0 Å². The molecule has 0 spiro atoms. The summed E-state index contributed by atoms with van der Waals surface area (Å²) in [5.74, 6) is 0.579. The van der Waals surface area contributed by atoms with Gasteiger partial charge in [-0.2, -0.15) is 0 Å². The summed E-state index contributed by atoms with van der Waals surface area (Å²) < 4.78 is 15.3. The highest BCUT2D eigenvalue weighted by Crippen LogP contribution is 2.51. The minimum Gasteiger partial charge on any atom is -0.375 e. The lowest BCUT2D eigenvalue weighted by Crippen LogP contribution is -2.29. The van der Waals surface area contributed by atoms with Crippen LogP contribution in [0.25, 0.3) is 0 Å². The van der Waals surface area contributed by atoms with E-state index in [9.17, 15) is 4.39 Å². The second-order valence-corrected chi connectivity index (χ2v) is 6.56. The Morgan fingerprint density at radius 3 is 2.71 bits per heavy atom. The van der Waals surface area contributed by atoms with Crippen LogP contribution in [0.4, 0.5) is 10.1 Å². The molecule has 0 saturated carbocycles. The van der Waals surface area contributed by atoms with Crippen LogP contribution in [0.15, 0.2) is 59.1 Å². The van der Waals surface area contributed by atoms with Gasteiger partial charge >= 0.3 is 0 Å². The van der Waals surface area contributed by atoms with Crippen LogP contribution < -0.4 is 5.32 Å². The predicted octanol–water partition coefficient (Wildman–Crippen LogP) is 5.41. The highest BCUT2D eigenvalue weighted by molar-refractivity contribution is 9.10. The van der Waals surface area contributed by atoms with Gasteiger partial charge < -0.3 is 5.32 Å². The van der Waals surface area contributed by atoms with E-state index in [2.05, 4.69) is 39.5 Å². The molecule has 1 N–H and O–H groups in total. The molecular weight excluding hydrogens is 329 g/mol. The van der Waals surface area contributed by atoms with Crippen LogP contribution in [-0.2, 0) is 0 Å². The van der Waals surface area contributed by atoms with Crippen molar-refractivity contribution in [3.63, 3.8) is 0 Å². The molecule has 1 aliphatic carbocycles. The molecule has 2 aromatic carbocycles. The van der Waals surface area contributed by atoms with E-state index in [0.29, 0.717) is 17.5 Å². The predicted molar refractivity (Wildman–Crippen MR) is 86.9 cm³/mol. The first kappa shape index (κ1) is 13.1. The number of rotatable bonds is 1. The average molecular weight is 344 g/mol. The lowest BCUT2D eigenvalue weighted by molar-refractivity contribution is 0.420. The second kappa shape index (κ2) is 4.99. The fraction of sp³-hybridized carbons (Fsp3) is 0.222. The van der Waals surface area contributed by atoms with Crippen LogP contribution >= 0.6 is 15.9 Å². The van der Waals surface area contributed by atoms with Gasteiger partial charge in [-0.25, -0.2) is 4.39 Å². The molecule has 1 nitrogen and oxygen atoms in total. The van der Waals surface area contributed by atoms with Crippen LogP contribution in [0.5, 0.6) is 0 Å². The summed E-state index contributed by atoms with van der Waals surface area (Å²) in [6, 6.07) is 13.7. The smallest absolute Gasteiger partial charge is 0.146 e. The third-order valence-electron chi connectivity index (χ3n) is 4.59. The Balaban J connectivity index is 1.85. The molecule has 3 atom stereocenters. The quantitative estimate of drug-likeness (QED) is 0.682. The molecule has 21 heavy (non-hydrogen) atoms. The summed E-state index contributed by atoms with van der Waals surface area (Å²) in [5.41, 5.74) is 2.94. The minimum atomic E-state index is -0.164. The summed E-state index contributed by atoms with van der Waals surface area (Å²) in [7, 11) is 0. The van der Waals surface area contributed by atoms with Gasteiger partial charge in [-0.3, -0.25) is 0 Å². The topological polar surface area (TPSA) is 12.0 Å². The first-order valence-corrected chi connectivity index (χ1v) is 8.01. The van der Waals surface area contributed by atoms with Crippen molar-refractivity contribution in [3.8, 4) is 0 Å². The third-order valence-corrected chi connectivity index (χ3v) is 5.31. The van der Waals surface area contributed by atoms with Crippen LogP contribution in [0.1, 0.15) is 29.5 Å². The summed E-state index contributed by atoms with van der Waals surface area (Å²) in [4.78, 5) is 0. The zero-order chi connectivity index (χ0) is 14.4. The van der Waals surface area contributed by atoms with Gasteiger partial charge in [0.05, 0.1) is 11.7 Å². The molecule has 0 radical (unpaired) electrons. The molecule has 1 aliphatic heterocycles. The number of allylic oxidation sites excluding steroid dienone is 2. The summed E-state index contributed by atoms with van der Waals surface area (Å²) in [5, 5.41) is 3.45. The van der Waals surface area contributed by atoms with Gasteiger partial charge in [-0.15, -0.1) is 0 Å². The molecule has 0 saturated heterocycles. The number of nitrogens with one attached hydrogen (secondary N) is 1. The number of halogens is 2. The van der Waals surface area contributed by atoms with Crippen molar-refractivity contribution in [1.29, 1.82) is 0 Å². The Hall–Kier alpha value is -1.61. The van der Waals surface area contributed by atoms with E-state index < -0.39 is 0 Å². The zero-order valence-electron chi connectivity index (χ0n) is 11.4. The molecule has 0 unspecified atom stereocenters. The number of anilines is 1. The molecule has 0 aromatic heterocycles. The van der Waals surface area contributed by atoms with Crippen molar-refractivity contribution in [2.24, 2.45) is 5.92 Å². The van der Waals surface area contributed by atoms with Gasteiger partial charge in [0.15, 0.2) is 0 Å². The number of para-hydroxylation sites is 1. The maximum Gasteiger partial charge on any atom is 0.146 e. The van der Waals surface area contributed by atoms with Crippen molar-refractivity contribution >= 4 is 21.6 Å². The number of fused-ring (bicyclic) bond motifs is 3. The number of hydrogen-bond acceptors (Lipinski definition) is 1. The molecule has 2 aromatic rings. The van der Waals surface area contributed by atoms with E-state index >= 15 is 0 Å². The van der Waals surface area contributed by atoms with Crippen LogP contribution in [0.2, 0.25) is 0 Å². The Kier molecular flexibility index (Phi) is 3.11. The maximum atomic E-state index is 14.2. The average Bonchev–Trinajstić information content (AvgIpc) is 2.97. The lowest BCUT2D eigenvalue weighted by Gasteiger charge is -2.38. The van der Waals surface area contributed by atoms with Gasteiger partial charge in [0.2, 0.25) is 0 Å². The first-order chi connectivity index (χ1) is 10.3. The standard InChI is InChI=1S/C18H15BrFN/c19-15-9-2-1-5-14(15)17-12-7-3-6-11(12)13-8-4-10-16(20)18(13)21-17/h1-6,8-12,17,21H,7H2/t11-,12-,17-/m1/s1. The third kappa shape index (κ3) is 2.03. The molecule has 106 valence electrons. The monoisotopic (exact) mass is 343 g/mol. The Morgan fingerprint density at radius 1 is 1.05 bits per heavy atom. The number of hydrogen-bond donors (Lipinski definition) is 1. The van der Waals surface area contributed by atoms with E-state index in [0.717, 1.165) is 16.5 Å².